The minimum absolute atomic E-state index is 0.130. The van der Waals surface area contributed by atoms with Gasteiger partial charge in [0.2, 0.25) is 0 Å². The molecule has 9 nitrogen and oxygen atoms in total. The topological polar surface area (TPSA) is 107 Å². The van der Waals surface area contributed by atoms with E-state index in [0.29, 0.717) is 30.3 Å². The average Bonchev–Trinajstić information content (AvgIpc) is 3.09. The molecule has 5 rings (SSSR count). The van der Waals surface area contributed by atoms with E-state index in [1.54, 1.807) is 26.4 Å². The Morgan fingerprint density at radius 1 is 0.432 bits per heavy atom. The molecule has 0 amide bonds. The van der Waals surface area contributed by atoms with Crippen LogP contribution >= 0.6 is 0 Å². The second kappa shape index (κ2) is 15.1. The Balaban J connectivity index is 1.14. The van der Waals surface area contributed by atoms with Gasteiger partial charge in [-0.1, -0.05) is 24.3 Å². The van der Waals surface area contributed by atoms with E-state index in [2.05, 4.69) is 20.5 Å². The highest BCUT2D eigenvalue weighted by atomic mass is 16.5. The van der Waals surface area contributed by atoms with Crippen LogP contribution in [0.1, 0.15) is 16.7 Å². The van der Waals surface area contributed by atoms with Crippen LogP contribution in [0.3, 0.4) is 0 Å². The van der Waals surface area contributed by atoms with Crippen molar-refractivity contribution in [2.24, 2.45) is 20.5 Å². The molecule has 1 N–H and O–H groups in total. The van der Waals surface area contributed by atoms with Gasteiger partial charge in [-0.2, -0.15) is 20.5 Å². The zero-order valence-corrected chi connectivity index (χ0v) is 24.5. The van der Waals surface area contributed by atoms with Crippen molar-refractivity contribution in [3.05, 3.63) is 132 Å². The third-order valence-electron chi connectivity index (χ3n) is 6.51. The third-order valence-corrected chi connectivity index (χ3v) is 6.51. The van der Waals surface area contributed by atoms with Gasteiger partial charge < -0.3 is 24.1 Å². The standard InChI is InChI=1S/C35H32N4O5/c1-41-32-15-11-30(12-16-32)38-36-28-7-3-25(4-8-28)23-43-34-19-27(22-40)20-35(21-34)44-24-26-5-9-29(10-6-26)37-39-31-13-17-33(42-2)18-14-31/h3-21,40H,22-24H2,1-2H3. The highest BCUT2D eigenvalue weighted by molar-refractivity contribution is 5.45. The van der Waals surface area contributed by atoms with Gasteiger partial charge in [0.1, 0.15) is 36.2 Å². The number of rotatable bonds is 13. The first kappa shape index (κ1) is 29.9. The summed E-state index contributed by atoms with van der Waals surface area (Å²) in [5.41, 5.74) is 5.57. The second-order valence-corrected chi connectivity index (χ2v) is 9.68. The van der Waals surface area contributed by atoms with Crippen LogP contribution in [0.5, 0.6) is 23.0 Å². The highest BCUT2D eigenvalue weighted by Gasteiger charge is 2.06. The van der Waals surface area contributed by atoms with E-state index in [9.17, 15) is 5.11 Å². The Hall–Kier alpha value is -5.54. The van der Waals surface area contributed by atoms with Crippen LogP contribution in [-0.4, -0.2) is 19.3 Å². The average molecular weight is 589 g/mol. The molecule has 0 aliphatic carbocycles. The van der Waals surface area contributed by atoms with Gasteiger partial charge in [0, 0.05) is 6.07 Å². The number of aliphatic hydroxyl groups is 1. The molecule has 0 atom stereocenters. The molecule has 0 unspecified atom stereocenters. The number of methoxy groups -OCH3 is 2. The molecule has 222 valence electrons. The van der Waals surface area contributed by atoms with Crippen molar-refractivity contribution in [2.75, 3.05) is 14.2 Å². The van der Waals surface area contributed by atoms with E-state index in [4.69, 9.17) is 18.9 Å². The molecule has 0 fully saturated rings. The summed E-state index contributed by atoms with van der Waals surface area (Å²) in [7, 11) is 3.25. The normalized spacial score (nSPS) is 11.2. The van der Waals surface area contributed by atoms with Crippen LogP contribution in [0.4, 0.5) is 22.7 Å². The number of hydrogen-bond donors (Lipinski definition) is 1. The molecule has 0 bridgehead atoms. The van der Waals surface area contributed by atoms with Crippen molar-refractivity contribution >= 4 is 22.7 Å². The first-order valence-electron chi connectivity index (χ1n) is 13.9. The van der Waals surface area contributed by atoms with Gasteiger partial charge in [-0.3, -0.25) is 0 Å². The summed E-state index contributed by atoms with van der Waals surface area (Å²) in [5, 5.41) is 26.9. The number of azo groups is 2. The Labute approximate surface area is 256 Å². The molecule has 0 aliphatic rings. The summed E-state index contributed by atoms with van der Waals surface area (Å²) in [6.07, 6.45) is 0. The van der Waals surface area contributed by atoms with Crippen LogP contribution in [0, 0.1) is 0 Å². The lowest BCUT2D eigenvalue weighted by Gasteiger charge is -2.12. The second-order valence-electron chi connectivity index (χ2n) is 9.68. The van der Waals surface area contributed by atoms with Crippen molar-refractivity contribution in [1.29, 1.82) is 0 Å². The number of ether oxygens (including phenoxy) is 4. The summed E-state index contributed by atoms with van der Waals surface area (Å²) in [6.45, 7) is 0.558. The molecule has 5 aromatic rings. The maximum Gasteiger partial charge on any atom is 0.123 e. The lowest BCUT2D eigenvalue weighted by Crippen LogP contribution is -1.99. The molecule has 5 aromatic carbocycles. The zero-order valence-electron chi connectivity index (χ0n) is 24.5. The number of aliphatic hydroxyl groups excluding tert-OH is 1. The van der Waals surface area contributed by atoms with E-state index in [1.165, 1.54) is 0 Å². The predicted molar refractivity (Wildman–Crippen MR) is 168 cm³/mol. The minimum Gasteiger partial charge on any atom is -0.497 e. The van der Waals surface area contributed by atoms with Gasteiger partial charge >= 0.3 is 0 Å². The molecule has 0 aromatic heterocycles. The van der Waals surface area contributed by atoms with E-state index in [-0.39, 0.29) is 6.61 Å². The third kappa shape index (κ3) is 8.73. The zero-order chi connectivity index (χ0) is 30.6. The van der Waals surface area contributed by atoms with Crippen LogP contribution < -0.4 is 18.9 Å². The van der Waals surface area contributed by atoms with Crippen LogP contribution in [0.2, 0.25) is 0 Å². The SMILES string of the molecule is COc1ccc(N=Nc2ccc(COc3cc(CO)cc(OCc4ccc(N=Nc5ccc(OC)cc5)cc4)c3)cc2)cc1. The van der Waals surface area contributed by atoms with E-state index < -0.39 is 0 Å². The van der Waals surface area contributed by atoms with Gasteiger partial charge in [0.25, 0.3) is 0 Å². The maximum atomic E-state index is 9.77. The quantitative estimate of drug-likeness (QED) is 0.138. The van der Waals surface area contributed by atoms with Gasteiger partial charge in [0.15, 0.2) is 0 Å². The molecular weight excluding hydrogens is 556 g/mol. The highest BCUT2D eigenvalue weighted by Crippen LogP contribution is 2.27. The van der Waals surface area contributed by atoms with Crippen molar-refractivity contribution in [2.45, 2.75) is 19.8 Å². The number of nitrogens with zero attached hydrogens (tertiary/aromatic N) is 4. The minimum atomic E-state index is -0.130. The Morgan fingerprint density at radius 3 is 1.09 bits per heavy atom. The van der Waals surface area contributed by atoms with Crippen molar-refractivity contribution in [1.82, 2.24) is 0 Å². The lowest BCUT2D eigenvalue weighted by atomic mass is 10.2. The Kier molecular flexibility index (Phi) is 10.3. The maximum absolute atomic E-state index is 9.77. The predicted octanol–water partition coefficient (Wildman–Crippen LogP) is 9.18. The molecule has 0 aliphatic heterocycles. The summed E-state index contributed by atoms with van der Waals surface area (Å²) in [5.74, 6) is 2.74. The number of hydrogen-bond acceptors (Lipinski definition) is 9. The molecule has 0 heterocycles. The first-order chi connectivity index (χ1) is 21.6. The van der Waals surface area contributed by atoms with Gasteiger partial charge in [-0.25, -0.2) is 0 Å². The summed E-state index contributed by atoms with van der Waals surface area (Å²) < 4.78 is 22.4. The van der Waals surface area contributed by atoms with Crippen molar-refractivity contribution in [3.8, 4) is 23.0 Å². The molecule has 0 saturated carbocycles. The molecule has 0 saturated heterocycles. The van der Waals surface area contributed by atoms with Crippen LogP contribution in [0.25, 0.3) is 0 Å². The van der Waals surface area contributed by atoms with Gasteiger partial charge in [-0.15, -0.1) is 0 Å². The first-order valence-corrected chi connectivity index (χ1v) is 13.9. The molecule has 0 radical (unpaired) electrons. The smallest absolute Gasteiger partial charge is 0.123 e. The fourth-order valence-electron chi connectivity index (χ4n) is 4.07. The van der Waals surface area contributed by atoms with E-state index >= 15 is 0 Å². The summed E-state index contributed by atoms with van der Waals surface area (Å²) in [4.78, 5) is 0. The fraction of sp³-hybridized carbons (Fsp3) is 0.143. The largest absolute Gasteiger partial charge is 0.497 e. The monoisotopic (exact) mass is 588 g/mol. The van der Waals surface area contributed by atoms with E-state index in [0.717, 1.165) is 45.4 Å². The lowest BCUT2D eigenvalue weighted by molar-refractivity contribution is 0.271. The molecule has 44 heavy (non-hydrogen) atoms. The Bertz CT molecular complexity index is 1560. The van der Waals surface area contributed by atoms with Crippen LogP contribution in [0.15, 0.2) is 136 Å². The fourth-order valence-corrected chi connectivity index (χ4v) is 4.07. The van der Waals surface area contributed by atoms with Crippen LogP contribution in [-0.2, 0) is 19.8 Å². The van der Waals surface area contributed by atoms with Gasteiger partial charge in [-0.05, 0) is 102 Å². The molecule has 0 spiro atoms. The van der Waals surface area contributed by atoms with Gasteiger partial charge in [0.05, 0.1) is 43.6 Å². The summed E-state index contributed by atoms with van der Waals surface area (Å²) >= 11 is 0. The van der Waals surface area contributed by atoms with E-state index in [1.807, 2.05) is 103 Å². The molecule has 9 heteroatoms. The van der Waals surface area contributed by atoms with Crippen molar-refractivity contribution < 1.29 is 24.1 Å². The molecular formula is C35H32N4O5. The Morgan fingerprint density at radius 2 is 0.773 bits per heavy atom. The summed E-state index contributed by atoms with van der Waals surface area (Å²) in [6, 6.07) is 35.5. The number of benzene rings is 5. The van der Waals surface area contributed by atoms with Crippen molar-refractivity contribution in [3.63, 3.8) is 0 Å².